The molecule has 0 spiro atoms. The summed E-state index contributed by atoms with van der Waals surface area (Å²) >= 11 is 12.0. The molecule has 0 bridgehead atoms. The zero-order chi connectivity index (χ0) is 18.9. The summed E-state index contributed by atoms with van der Waals surface area (Å²) in [6.45, 7) is 2.42. The summed E-state index contributed by atoms with van der Waals surface area (Å²) in [6.07, 6.45) is 2.94. The fraction of sp³-hybridized carbons (Fsp3) is 0.368. The van der Waals surface area contributed by atoms with Crippen molar-refractivity contribution in [3.05, 3.63) is 68.2 Å². The zero-order valence-corrected chi connectivity index (χ0v) is 16.2. The standard InChI is InChI=1S/C19H22Cl2N2O3/c1-22(14-15-8-4-2-5-9-15)10-6-3-7-11-26-19-17(20)12-16(23(24)25)13-18(19)21/h2,4-5,8-9,12-13H,3,6-7,10-11,14H2,1H3. The van der Waals surface area contributed by atoms with Gasteiger partial charge in [0.15, 0.2) is 5.75 Å². The van der Waals surface area contributed by atoms with Crippen LogP contribution in [0.1, 0.15) is 24.8 Å². The van der Waals surface area contributed by atoms with Crippen LogP contribution < -0.4 is 4.74 Å². The van der Waals surface area contributed by atoms with Crippen LogP contribution in [-0.2, 0) is 6.54 Å². The molecule has 0 saturated heterocycles. The third kappa shape index (κ3) is 6.48. The number of nitro benzene ring substituents is 1. The van der Waals surface area contributed by atoms with Crippen molar-refractivity contribution < 1.29 is 9.66 Å². The Morgan fingerprint density at radius 2 is 1.73 bits per heavy atom. The highest BCUT2D eigenvalue weighted by molar-refractivity contribution is 6.37. The van der Waals surface area contributed by atoms with E-state index in [9.17, 15) is 10.1 Å². The number of non-ortho nitro benzene ring substituents is 1. The predicted octanol–water partition coefficient (Wildman–Crippen LogP) is 5.58. The molecule has 0 amide bonds. The minimum absolute atomic E-state index is 0.145. The third-order valence-electron chi connectivity index (χ3n) is 3.92. The molecule has 2 rings (SSSR count). The Hall–Kier alpha value is -1.82. The third-order valence-corrected chi connectivity index (χ3v) is 4.48. The number of hydrogen-bond acceptors (Lipinski definition) is 4. The number of nitrogens with zero attached hydrogens (tertiary/aromatic N) is 2. The Morgan fingerprint density at radius 3 is 2.35 bits per heavy atom. The van der Waals surface area contributed by atoms with Crippen molar-refractivity contribution >= 4 is 28.9 Å². The van der Waals surface area contributed by atoms with Gasteiger partial charge >= 0.3 is 0 Å². The number of benzene rings is 2. The first-order valence-electron chi connectivity index (χ1n) is 8.46. The lowest BCUT2D eigenvalue weighted by molar-refractivity contribution is -0.384. The largest absolute Gasteiger partial charge is 0.490 e. The minimum Gasteiger partial charge on any atom is -0.490 e. The van der Waals surface area contributed by atoms with Crippen molar-refractivity contribution in [2.45, 2.75) is 25.8 Å². The molecule has 140 valence electrons. The molecule has 2 aromatic carbocycles. The van der Waals surface area contributed by atoms with Gasteiger partial charge in [0, 0.05) is 18.7 Å². The van der Waals surface area contributed by atoms with Gasteiger partial charge in [-0.15, -0.1) is 0 Å². The highest BCUT2D eigenvalue weighted by atomic mass is 35.5. The van der Waals surface area contributed by atoms with E-state index >= 15 is 0 Å². The molecular weight excluding hydrogens is 375 g/mol. The van der Waals surface area contributed by atoms with Crippen molar-refractivity contribution in [3.63, 3.8) is 0 Å². The van der Waals surface area contributed by atoms with E-state index in [4.69, 9.17) is 27.9 Å². The molecule has 0 atom stereocenters. The molecule has 0 heterocycles. The van der Waals surface area contributed by atoms with Crippen LogP contribution in [0.2, 0.25) is 10.0 Å². The number of ether oxygens (including phenoxy) is 1. The fourth-order valence-electron chi connectivity index (χ4n) is 2.60. The molecule has 7 heteroatoms. The molecule has 0 N–H and O–H groups in total. The lowest BCUT2D eigenvalue weighted by atomic mass is 10.2. The SMILES string of the molecule is CN(CCCCCOc1c(Cl)cc([N+](=O)[O-])cc1Cl)Cc1ccccc1. The van der Waals surface area contributed by atoms with Gasteiger partial charge in [0.05, 0.1) is 21.6 Å². The number of halogens is 2. The maximum atomic E-state index is 10.8. The Balaban J connectivity index is 1.67. The molecule has 0 aliphatic carbocycles. The van der Waals surface area contributed by atoms with Gasteiger partial charge in [-0.3, -0.25) is 10.1 Å². The van der Waals surface area contributed by atoms with E-state index in [1.807, 2.05) is 6.07 Å². The van der Waals surface area contributed by atoms with Gasteiger partial charge in [-0.1, -0.05) is 53.5 Å². The normalized spacial score (nSPS) is 10.9. The van der Waals surface area contributed by atoms with Gasteiger partial charge in [0.2, 0.25) is 0 Å². The molecule has 0 radical (unpaired) electrons. The summed E-state index contributed by atoms with van der Waals surface area (Å²) < 4.78 is 5.60. The van der Waals surface area contributed by atoms with E-state index in [-0.39, 0.29) is 15.7 Å². The molecule has 0 aliphatic heterocycles. The van der Waals surface area contributed by atoms with Crippen molar-refractivity contribution in [3.8, 4) is 5.75 Å². The first-order valence-corrected chi connectivity index (χ1v) is 9.21. The van der Waals surface area contributed by atoms with E-state index in [1.54, 1.807) is 0 Å². The Labute approximate surface area is 163 Å². The van der Waals surface area contributed by atoms with E-state index in [0.29, 0.717) is 12.4 Å². The molecule has 0 fully saturated rings. The number of hydrogen-bond donors (Lipinski definition) is 0. The highest BCUT2D eigenvalue weighted by Gasteiger charge is 2.15. The predicted molar refractivity (Wildman–Crippen MR) is 105 cm³/mol. The van der Waals surface area contributed by atoms with Crippen molar-refractivity contribution in [1.29, 1.82) is 0 Å². The first-order chi connectivity index (χ1) is 12.5. The molecule has 0 saturated carbocycles. The summed E-state index contributed by atoms with van der Waals surface area (Å²) in [5.41, 5.74) is 1.16. The summed E-state index contributed by atoms with van der Waals surface area (Å²) in [6, 6.07) is 12.9. The monoisotopic (exact) mass is 396 g/mol. The zero-order valence-electron chi connectivity index (χ0n) is 14.7. The van der Waals surface area contributed by atoms with Gasteiger partial charge in [0.1, 0.15) is 0 Å². The first kappa shape index (κ1) is 20.5. The summed E-state index contributed by atoms with van der Waals surface area (Å²) in [4.78, 5) is 12.5. The average molecular weight is 397 g/mol. The molecule has 0 aliphatic rings. The number of unbranched alkanes of at least 4 members (excludes halogenated alkanes) is 2. The average Bonchev–Trinajstić information content (AvgIpc) is 2.60. The molecule has 26 heavy (non-hydrogen) atoms. The second-order valence-corrected chi connectivity index (χ2v) is 6.94. The van der Waals surface area contributed by atoms with Crippen LogP contribution in [-0.4, -0.2) is 30.0 Å². The van der Waals surface area contributed by atoms with E-state index in [1.165, 1.54) is 17.7 Å². The van der Waals surface area contributed by atoms with Gasteiger partial charge in [-0.05, 0) is 38.4 Å². The Bertz CT molecular complexity index is 703. The topological polar surface area (TPSA) is 55.6 Å². The van der Waals surface area contributed by atoms with Crippen LogP contribution in [0, 0.1) is 10.1 Å². The smallest absolute Gasteiger partial charge is 0.272 e. The molecule has 0 aromatic heterocycles. The lowest BCUT2D eigenvalue weighted by Crippen LogP contribution is -2.19. The number of nitro groups is 1. The van der Waals surface area contributed by atoms with E-state index < -0.39 is 4.92 Å². The van der Waals surface area contributed by atoms with Gasteiger partial charge < -0.3 is 9.64 Å². The van der Waals surface area contributed by atoms with E-state index in [2.05, 4.69) is 36.2 Å². The van der Waals surface area contributed by atoms with Crippen LogP contribution in [0.15, 0.2) is 42.5 Å². The minimum atomic E-state index is -0.534. The summed E-state index contributed by atoms with van der Waals surface area (Å²) in [5.74, 6) is 0.306. The van der Waals surface area contributed by atoms with Gasteiger partial charge in [-0.25, -0.2) is 0 Å². The van der Waals surface area contributed by atoms with Crippen molar-refractivity contribution in [1.82, 2.24) is 4.90 Å². The molecular formula is C19H22Cl2N2O3. The van der Waals surface area contributed by atoms with Crippen LogP contribution in [0.3, 0.4) is 0 Å². The van der Waals surface area contributed by atoms with Gasteiger partial charge in [-0.2, -0.15) is 0 Å². The summed E-state index contributed by atoms with van der Waals surface area (Å²) in [7, 11) is 2.11. The van der Waals surface area contributed by atoms with Crippen molar-refractivity contribution in [2.24, 2.45) is 0 Å². The highest BCUT2D eigenvalue weighted by Crippen LogP contribution is 2.36. The second-order valence-electron chi connectivity index (χ2n) is 6.13. The van der Waals surface area contributed by atoms with Crippen molar-refractivity contribution in [2.75, 3.05) is 20.2 Å². The number of rotatable bonds is 10. The second kappa shape index (κ2) is 10.4. The van der Waals surface area contributed by atoms with Crippen LogP contribution in [0.25, 0.3) is 0 Å². The molecule has 0 unspecified atom stereocenters. The van der Waals surface area contributed by atoms with Gasteiger partial charge in [0.25, 0.3) is 5.69 Å². The van der Waals surface area contributed by atoms with Crippen LogP contribution in [0.4, 0.5) is 5.69 Å². The van der Waals surface area contributed by atoms with Crippen LogP contribution >= 0.6 is 23.2 Å². The van der Waals surface area contributed by atoms with E-state index in [0.717, 1.165) is 32.4 Å². The maximum Gasteiger partial charge on any atom is 0.272 e. The summed E-state index contributed by atoms with van der Waals surface area (Å²) in [5, 5.41) is 11.1. The fourth-order valence-corrected chi connectivity index (χ4v) is 3.18. The maximum absolute atomic E-state index is 10.8. The Kier molecular flexibility index (Phi) is 8.16. The molecule has 5 nitrogen and oxygen atoms in total. The van der Waals surface area contributed by atoms with Crippen LogP contribution in [0.5, 0.6) is 5.75 Å². The Morgan fingerprint density at radius 1 is 1.08 bits per heavy atom. The molecule has 2 aromatic rings. The lowest BCUT2D eigenvalue weighted by Gasteiger charge is -2.16. The quantitative estimate of drug-likeness (QED) is 0.298.